The molecule has 108 valence electrons. The summed E-state index contributed by atoms with van der Waals surface area (Å²) in [5, 5.41) is 3.32. The van der Waals surface area contributed by atoms with Crippen molar-refractivity contribution in [2.75, 3.05) is 12.3 Å². The fourth-order valence-electron chi connectivity index (χ4n) is 1.52. The van der Waals surface area contributed by atoms with Gasteiger partial charge in [0.25, 0.3) is 0 Å². The third-order valence-corrected chi connectivity index (χ3v) is 4.31. The molecule has 0 aliphatic rings. The minimum Gasteiger partial charge on any atom is -0.441 e. The predicted molar refractivity (Wildman–Crippen MR) is 71.6 cm³/mol. The highest BCUT2D eigenvalue weighted by Gasteiger charge is 2.16. The van der Waals surface area contributed by atoms with E-state index in [0.717, 1.165) is 0 Å². The number of ether oxygens (including phenoxy) is 1. The van der Waals surface area contributed by atoms with E-state index >= 15 is 0 Å². The molecule has 1 rings (SSSR count). The molecular weight excluding hydrogens is 284 g/mol. The molecule has 1 atom stereocenters. The molecule has 0 fully saturated rings. The molecule has 0 aromatic heterocycles. The number of benzene rings is 1. The molecule has 0 saturated carbocycles. The van der Waals surface area contributed by atoms with E-state index < -0.39 is 22.0 Å². The van der Waals surface area contributed by atoms with Crippen LogP contribution in [0.25, 0.3) is 10.4 Å². The van der Waals surface area contributed by atoms with Crippen molar-refractivity contribution in [2.24, 2.45) is 10.8 Å². The lowest BCUT2D eigenvalue weighted by molar-refractivity contribution is 0.111. The third-order valence-electron chi connectivity index (χ3n) is 2.56. The number of hydrogen-bond donors (Lipinski definition) is 1. The van der Waals surface area contributed by atoms with Crippen LogP contribution in [0.2, 0.25) is 0 Å². The summed E-state index contributed by atoms with van der Waals surface area (Å²) in [6, 6.07) is 5.79. The molecule has 0 saturated heterocycles. The van der Waals surface area contributed by atoms with Gasteiger partial charge in [-0.3, -0.25) is 0 Å². The maximum absolute atomic E-state index is 11.7. The Morgan fingerprint density at radius 2 is 2.05 bits per heavy atom. The van der Waals surface area contributed by atoms with Gasteiger partial charge in [-0.15, -0.1) is 0 Å². The van der Waals surface area contributed by atoms with Crippen LogP contribution in [0.3, 0.4) is 0 Å². The second-order valence-electron chi connectivity index (χ2n) is 3.81. The summed E-state index contributed by atoms with van der Waals surface area (Å²) in [4.78, 5) is 13.5. The topological polar surface area (TPSA) is 135 Å². The maximum atomic E-state index is 11.7. The zero-order valence-electron chi connectivity index (χ0n) is 10.8. The molecule has 1 unspecified atom stereocenters. The van der Waals surface area contributed by atoms with Gasteiger partial charge in [0.1, 0.15) is 6.10 Å². The van der Waals surface area contributed by atoms with E-state index in [0.29, 0.717) is 5.56 Å². The summed E-state index contributed by atoms with van der Waals surface area (Å²) in [5.74, 6) is -0.00765. The molecule has 2 N–H and O–H groups in total. The smallest absolute Gasteiger partial charge is 0.405 e. The Kier molecular flexibility index (Phi) is 5.36. The van der Waals surface area contributed by atoms with Gasteiger partial charge in [-0.1, -0.05) is 24.2 Å². The first kappa shape index (κ1) is 15.8. The van der Waals surface area contributed by atoms with Crippen molar-refractivity contribution < 1.29 is 17.9 Å². The minimum atomic E-state index is -3.30. The molecule has 0 radical (unpaired) electrons. The van der Waals surface area contributed by atoms with Crippen molar-refractivity contribution in [3.8, 4) is 0 Å². The highest BCUT2D eigenvalue weighted by Crippen LogP contribution is 2.21. The summed E-state index contributed by atoms with van der Waals surface area (Å²) in [6.07, 6.45) is -1.85. The fraction of sp³-hybridized carbons (Fsp3) is 0.364. The van der Waals surface area contributed by atoms with Gasteiger partial charge >= 0.3 is 6.09 Å². The first-order valence-electron chi connectivity index (χ1n) is 5.70. The molecule has 0 bridgehead atoms. The minimum absolute atomic E-state index is 0.00765. The van der Waals surface area contributed by atoms with E-state index in [1.165, 1.54) is 24.3 Å². The molecule has 1 aromatic rings. The van der Waals surface area contributed by atoms with E-state index in [1.54, 1.807) is 6.92 Å². The average molecular weight is 298 g/mol. The van der Waals surface area contributed by atoms with Gasteiger partial charge in [0.2, 0.25) is 0 Å². The standard InChI is InChI=1S/C11H14N4O4S/c1-2-20(17,18)9-5-3-8(4-6-9)10(7-14-15-13)19-11(12)16/h3-6,10H,2,7H2,1H3,(H2,12,16). The first-order chi connectivity index (χ1) is 9.40. The Labute approximate surface area is 116 Å². The highest BCUT2D eigenvalue weighted by atomic mass is 32.2. The van der Waals surface area contributed by atoms with Crippen LogP contribution in [-0.4, -0.2) is 26.8 Å². The van der Waals surface area contributed by atoms with E-state index in [-0.39, 0.29) is 17.2 Å². The van der Waals surface area contributed by atoms with Crippen LogP contribution < -0.4 is 5.73 Å². The normalized spacial score (nSPS) is 12.2. The molecule has 20 heavy (non-hydrogen) atoms. The van der Waals surface area contributed by atoms with Crippen LogP contribution in [0.4, 0.5) is 4.79 Å². The maximum Gasteiger partial charge on any atom is 0.405 e. The molecule has 1 amide bonds. The van der Waals surface area contributed by atoms with Crippen molar-refractivity contribution in [3.63, 3.8) is 0 Å². The van der Waals surface area contributed by atoms with E-state index in [4.69, 9.17) is 16.0 Å². The lowest BCUT2D eigenvalue weighted by Crippen LogP contribution is -2.19. The van der Waals surface area contributed by atoms with Crippen molar-refractivity contribution in [2.45, 2.75) is 17.9 Å². The Morgan fingerprint density at radius 3 is 2.50 bits per heavy atom. The SMILES string of the molecule is CCS(=O)(=O)c1ccc(C(CN=[N+]=[N-])OC(N)=O)cc1. The molecule has 0 aliphatic carbocycles. The molecule has 1 aromatic carbocycles. The summed E-state index contributed by atoms with van der Waals surface area (Å²) in [7, 11) is -3.30. The molecular formula is C11H14N4O4S. The molecule has 9 heteroatoms. The summed E-state index contributed by atoms with van der Waals surface area (Å²) in [5.41, 5.74) is 13.7. The third kappa shape index (κ3) is 4.15. The van der Waals surface area contributed by atoms with Crippen LogP contribution in [0, 0.1) is 0 Å². The lowest BCUT2D eigenvalue weighted by Gasteiger charge is -2.15. The lowest BCUT2D eigenvalue weighted by atomic mass is 10.1. The molecule has 0 heterocycles. The Morgan fingerprint density at radius 1 is 1.45 bits per heavy atom. The number of azide groups is 1. The number of sulfone groups is 1. The fourth-order valence-corrected chi connectivity index (χ4v) is 2.40. The van der Waals surface area contributed by atoms with Gasteiger partial charge in [0.05, 0.1) is 17.2 Å². The van der Waals surface area contributed by atoms with Gasteiger partial charge in [0, 0.05) is 4.91 Å². The second kappa shape index (κ2) is 6.78. The molecule has 8 nitrogen and oxygen atoms in total. The van der Waals surface area contributed by atoms with Crippen LogP contribution >= 0.6 is 0 Å². The van der Waals surface area contributed by atoms with Gasteiger partial charge in [-0.05, 0) is 23.2 Å². The van der Waals surface area contributed by atoms with Gasteiger partial charge in [-0.2, -0.15) is 0 Å². The average Bonchev–Trinajstić information content (AvgIpc) is 2.43. The summed E-state index contributed by atoms with van der Waals surface area (Å²) >= 11 is 0. The van der Waals surface area contributed by atoms with E-state index in [9.17, 15) is 13.2 Å². The molecule has 0 aliphatic heterocycles. The monoisotopic (exact) mass is 298 g/mol. The van der Waals surface area contributed by atoms with Crippen LogP contribution in [0.1, 0.15) is 18.6 Å². The van der Waals surface area contributed by atoms with Crippen molar-refractivity contribution in [3.05, 3.63) is 40.3 Å². The highest BCUT2D eigenvalue weighted by molar-refractivity contribution is 7.91. The van der Waals surface area contributed by atoms with Crippen molar-refractivity contribution in [1.82, 2.24) is 0 Å². The van der Waals surface area contributed by atoms with Crippen LogP contribution in [0.15, 0.2) is 34.3 Å². The summed E-state index contributed by atoms with van der Waals surface area (Å²) < 4.78 is 28.1. The largest absolute Gasteiger partial charge is 0.441 e. The zero-order chi connectivity index (χ0) is 15.2. The number of rotatable bonds is 6. The summed E-state index contributed by atoms with van der Waals surface area (Å²) in [6.45, 7) is 1.42. The van der Waals surface area contributed by atoms with Crippen LogP contribution in [0.5, 0.6) is 0 Å². The van der Waals surface area contributed by atoms with E-state index in [1.807, 2.05) is 0 Å². The van der Waals surface area contributed by atoms with E-state index in [2.05, 4.69) is 10.0 Å². The van der Waals surface area contributed by atoms with Crippen molar-refractivity contribution in [1.29, 1.82) is 0 Å². The van der Waals surface area contributed by atoms with Gasteiger partial charge in [-0.25, -0.2) is 13.2 Å². The number of nitrogens with zero attached hydrogens (tertiary/aromatic N) is 3. The van der Waals surface area contributed by atoms with Gasteiger partial charge < -0.3 is 10.5 Å². The van der Waals surface area contributed by atoms with Crippen LogP contribution in [-0.2, 0) is 14.6 Å². The number of amides is 1. The zero-order valence-corrected chi connectivity index (χ0v) is 11.6. The van der Waals surface area contributed by atoms with Gasteiger partial charge in [0.15, 0.2) is 9.84 Å². The predicted octanol–water partition coefficient (Wildman–Crippen LogP) is 1.93. The number of carbonyl (C=O) groups is 1. The first-order valence-corrected chi connectivity index (χ1v) is 7.35. The Bertz CT molecular complexity index is 616. The van der Waals surface area contributed by atoms with Crippen molar-refractivity contribution >= 4 is 15.9 Å². The molecule has 0 spiro atoms. The number of nitrogens with two attached hydrogens (primary N) is 1. The Hall–Kier alpha value is -2.25. The number of hydrogen-bond acceptors (Lipinski definition) is 5. The Balaban J connectivity index is 3.04. The number of primary amides is 1. The number of carbonyl (C=O) groups excluding carboxylic acids is 1. The quantitative estimate of drug-likeness (QED) is 0.487. The second-order valence-corrected chi connectivity index (χ2v) is 6.09.